The largest absolute Gasteiger partial charge is 0.352 e. The molecule has 92 valence electrons. The number of aromatic nitrogens is 2. The van der Waals surface area contributed by atoms with Gasteiger partial charge in [-0.2, -0.15) is 0 Å². The van der Waals surface area contributed by atoms with Crippen LogP contribution in [-0.4, -0.2) is 27.8 Å². The molecule has 1 fully saturated rings. The lowest BCUT2D eigenvalue weighted by atomic mass is 10.2. The summed E-state index contributed by atoms with van der Waals surface area (Å²) in [7, 11) is 0. The summed E-state index contributed by atoms with van der Waals surface area (Å²) in [6.07, 6.45) is 5.77. The molecule has 1 unspecified atom stereocenters. The van der Waals surface area contributed by atoms with E-state index >= 15 is 0 Å². The fourth-order valence-corrected chi connectivity index (χ4v) is 2.43. The minimum absolute atomic E-state index is 0.0973. The quantitative estimate of drug-likeness (QED) is 0.822. The van der Waals surface area contributed by atoms with Crippen molar-refractivity contribution in [2.24, 2.45) is 0 Å². The van der Waals surface area contributed by atoms with Gasteiger partial charge >= 0.3 is 0 Å². The second-order valence-electron chi connectivity index (χ2n) is 4.53. The number of amides is 1. The van der Waals surface area contributed by atoms with Crippen LogP contribution in [0.4, 0.5) is 0 Å². The summed E-state index contributed by atoms with van der Waals surface area (Å²) in [5, 5.41) is 3.78. The zero-order chi connectivity index (χ0) is 12.5. The Morgan fingerprint density at radius 1 is 1.56 bits per heavy atom. The maximum atomic E-state index is 11.2. The van der Waals surface area contributed by atoms with Gasteiger partial charge in [-0.25, -0.2) is 4.98 Å². The van der Waals surface area contributed by atoms with Crippen LogP contribution < -0.4 is 5.32 Å². The third-order valence-corrected chi connectivity index (χ3v) is 3.29. The predicted molar refractivity (Wildman–Crippen MR) is 66.3 cm³/mol. The van der Waals surface area contributed by atoms with Crippen LogP contribution >= 0.6 is 0 Å². The molecule has 0 spiro atoms. The highest BCUT2D eigenvalue weighted by Crippen LogP contribution is 2.19. The molecular weight excluding hydrogens is 230 g/mol. The van der Waals surface area contributed by atoms with E-state index in [0.29, 0.717) is 18.5 Å². The van der Waals surface area contributed by atoms with Crippen molar-refractivity contribution < 1.29 is 9.59 Å². The van der Waals surface area contributed by atoms with E-state index in [0.717, 1.165) is 23.7 Å². The van der Waals surface area contributed by atoms with Crippen molar-refractivity contribution in [1.82, 2.24) is 14.9 Å². The Balaban J connectivity index is 1.96. The molecule has 0 aromatic carbocycles. The van der Waals surface area contributed by atoms with E-state index in [1.807, 2.05) is 16.7 Å². The zero-order valence-corrected chi connectivity index (χ0v) is 9.80. The average Bonchev–Trinajstić information content (AvgIpc) is 2.95. The Morgan fingerprint density at radius 3 is 3.17 bits per heavy atom. The summed E-state index contributed by atoms with van der Waals surface area (Å²) < 4.78 is 1.94. The topological polar surface area (TPSA) is 64.0 Å². The first-order valence-corrected chi connectivity index (χ1v) is 5.96. The highest BCUT2D eigenvalue weighted by molar-refractivity contribution is 5.95. The van der Waals surface area contributed by atoms with Crippen molar-refractivity contribution in [2.75, 3.05) is 0 Å². The van der Waals surface area contributed by atoms with Crippen molar-refractivity contribution in [3.05, 3.63) is 30.1 Å². The summed E-state index contributed by atoms with van der Waals surface area (Å²) in [5.74, 6) is 0.0973. The normalized spacial score (nSPS) is 19.1. The molecule has 1 amide bonds. The van der Waals surface area contributed by atoms with E-state index in [2.05, 4.69) is 10.3 Å². The van der Waals surface area contributed by atoms with Gasteiger partial charge in [0.05, 0.1) is 0 Å². The first kappa shape index (κ1) is 11.0. The number of fused-ring (bicyclic) bond motifs is 1. The van der Waals surface area contributed by atoms with Gasteiger partial charge in [0.1, 0.15) is 5.65 Å². The SMILES string of the molecule is O=Cc1cn(CC2CCC(=O)N2)c2ncccc12. The van der Waals surface area contributed by atoms with Gasteiger partial charge in [-0.15, -0.1) is 0 Å². The van der Waals surface area contributed by atoms with Gasteiger partial charge in [0.15, 0.2) is 6.29 Å². The molecule has 0 aliphatic carbocycles. The number of aldehydes is 1. The van der Waals surface area contributed by atoms with E-state index in [1.165, 1.54) is 0 Å². The number of hydrogen-bond donors (Lipinski definition) is 1. The molecule has 2 aromatic heterocycles. The van der Waals surface area contributed by atoms with Crippen LogP contribution in [-0.2, 0) is 11.3 Å². The molecule has 3 heterocycles. The molecule has 2 aromatic rings. The third kappa shape index (κ3) is 1.77. The van der Waals surface area contributed by atoms with Crippen LogP contribution in [0.3, 0.4) is 0 Å². The summed E-state index contributed by atoms with van der Waals surface area (Å²) in [4.78, 5) is 26.5. The van der Waals surface area contributed by atoms with Crippen LogP contribution in [0.2, 0.25) is 0 Å². The molecule has 5 heteroatoms. The average molecular weight is 243 g/mol. The minimum Gasteiger partial charge on any atom is -0.352 e. The van der Waals surface area contributed by atoms with Gasteiger partial charge in [-0.1, -0.05) is 0 Å². The molecule has 1 saturated heterocycles. The fraction of sp³-hybridized carbons (Fsp3) is 0.308. The summed E-state index contributed by atoms with van der Waals surface area (Å²) in [5.41, 5.74) is 1.43. The van der Waals surface area contributed by atoms with Crippen LogP contribution in [0, 0.1) is 0 Å². The number of nitrogens with zero attached hydrogens (tertiary/aromatic N) is 2. The van der Waals surface area contributed by atoms with Crippen molar-refractivity contribution in [3.8, 4) is 0 Å². The zero-order valence-electron chi connectivity index (χ0n) is 9.80. The van der Waals surface area contributed by atoms with Crippen LogP contribution in [0.15, 0.2) is 24.5 Å². The fourth-order valence-electron chi connectivity index (χ4n) is 2.43. The lowest BCUT2D eigenvalue weighted by molar-refractivity contribution is -0.119. The van der Waals surface area contributed by atoms with Gasteiger partial charge in [0.25, 0.3) is 0 Å². The molecule has 0 bridgehead atoms. The first-order valence-electron chi connectivity index (χ1n) is 5.96. The number of pyridine rings is 1. The first-order chi connectivity index (χ1) is 8.78. The molecule has 0 saturated carbocycles. The van der Waals surface area contributed by atoms with Crippen LogP contribution in [0.5, 0.6) is 0 Å². The van der Waals surface area contributed by atoms with E-state index < -0.39 is 0 Å². The Labute approximate surface area is 104 Å². The van der Waals surface area contributed by atoms with Crippen LogP contribution in [0.25, 0.3) is 11.0 Å². The molecule has 3 rings (SSSR count). The lowest BCUT2D eigenvalue weighted by Crippen LogP contribution is -2.29. The Bertz CT molecular complexity index is 618. The highest BCUT2D eigenvalue weighted by atomic mass is 16.2. The summed E-state index contributed by atoms with van der Waals surface area (Å²) >= 11 is 0. The second-order valence-corrected chi connectivity index (χ2v) is 4.53. The van der Waals surface area contributed by atoms with E-state index in [4.69, 9.17) is 0 Å². The van der Waals surface area contributed by atoms with Crippen molar-refractivity contribution in [2.45, 2.75) is 25.4 Å². The van der Waals surface area contributed by atoms with Gasteiger partial charge in [-0.05, 0) is 18.6 Å². The van der Waals surface area contributed by atoms with Gasteiger partial charge in [0.2, 0.25) is 5.91 Å². The van der Waals surface area contributed by atoms with Gasteiger partial charge < -0.3 is 9.88 Å². The standard InChI is InChI=1S/C13H13N3O2/c17-8-9-6-16(7-10-3-4-12(18)15-10)13-11(9)2-1-5-14-13/h1-2,5-6,8,10H,3-4,7H2,(H,15,18). The predicted octanol–water partition coefficient (Wildman–Crippen LogP) is 1.13. The summed E-state index contributed by atoms with van der Waals surface area (Å²) in [6.45, 7) is 0.660. The molecule has 1 aliphatic rings. The molecule has 0 radical (unpaired) electrons. The van der Waals surface area contributed by atoms with Crippen LogP contribution in [0.1, 0.15) is 23.2 Å². The smallest absolute Gasteiger partial charge is 0.220 e. The molecular formula is C13H13N3O2. The molecule has 1 atom stereocenters. The summed E-state index contributed by atoms with van der Waals surface area (Å²) in [6, 6.07) is 3.84. The number of carbonyl (C=O) groups excluding carboxylic acids is 2. The molecule has 5 nitrogen and oxygen atoms in total. The maximum Gasteiger partial charge on any atom is 0.220 e. The van der Waals surface area contributed by atoms with E-state index in [1.54, 1.807) is 12.4 Å². The number of nitrogens with one attached hydrogen (secondary N) is 1. The highest BCUT2D eigenvalue weighted by Gasteiger charge is 2.22. The van der Waals surface area contributed by atoms with Crippen molar-refractivity contribution >= 4 is 23.2 Å². The van der Waals surface area contributed by atoms with Gasteiger partial charge in [-0.3, -0.25) is 9.59 Å². The van der Waals surface area contributed by atoms with Gasteiger partial charge in [0, 0.05) is 42.4 Å². The number of rotatable bonds is 3. The Hall–Kier alpha value is -2.17. The molecule has 1 aliphatic heterocycles. The maximum absolute atomic E-state index is 11.2. The number of carbonyl (C=O) groups is 2. The van der Waals surface area contributed by atoms with Crippen molar-refractivity contribution in [1.29, 1.82) is 0 Å². The van der Waals surface area contributed by atoms with E-state index in [9.17, 15) is 9.59 Å². The Morgan fingerprint density at radius 2 is 2.44 bits per heavy atom. The second kappa shape index (κ2) is 4.25. The number of hydrogen-bond acceptors (Lipinski definition) is 3. The third-order valence-electron chi connectivity index (χ3n) is 3.29. The molecule has 1 N–H and O–H groups in total. The monoisotopic (exact) mass is 243 g/mol. The molecule has 18 heavy (non-hydrogen) atoms. The Kier molecular flexibility index (Phi) is 2.59. The lowest BCUT2D eigenvalue weighted by Gasteiger charge is -2.11. The van der Waals surface area contributed by atoms with Crippen molar-refractivity contribution in [3.63, 3.8) is 0 Å². The van der Waals surface area contributed by atoms with E-state index in [-0.39, 0.29) is 11.9 Å². The minimum atomic E-state index is 0.0973.